The first kappa shape index (κ1) is 10.6. The van der Waals surface area contributed by atoms with Crippen LogP contribution in [0.5, 0.6) is 0 Å². The minimum absolute atomic E-state index is 0.0156. The van der Waals surface area contributed by atoms with Gasteiger partial charge in [0.15, 0.2) is 0 Å². The van der Waals surface area contributed by atoms with Crippen LogP contribution in [0.1, 0.15) is 47.5 Å². The number of hydrogen-bond acceptors (Lipinski definition) is 1. The number of amides is 1. The van der Waals surface area contributed by atoms with Crippen LogP contribution in [0.3, 0.4) is 0 Å². The van der Waals surface area contributed by atoms with Crippen LogP contribution in [-0.2, 0) is 4.79 Å². The molecule has 0 aromatic heterocycles. The highest BCUT2D eigenvalue weighted by Gasteiger charge is 2.49. The van der Waals surface area contributed by atoms with E-state index in [1.807, 2.05) is 0 Å². The summed E-state index contributed by atoms with van der Waals surface area (Å²) in [5, 5.41) is 3.10. The molecule has 0 spiro atoms. The van der Waals surface area contributed by atoms with Crippen molar-refractivity contribution in [2.75, 3.05) is 0 Å². The predicted molar refractivity (Wildman–Crippen MR) is 54.4 cm³/mol. The fourth-order valence-corrected chi connectivity index (χ4v) is 2.34. The van der Waals surface area contributed by atoms with E-state index in [0.29, 0.717) is 5.92 Å². The molecule has 2 nitrogen and oxygen atoms in total. The van der Waals surface area contributed by atoms with Gasteiger partial charge in [-0.3, -0.25) is 4.79 Å². The van der Waals surface area contributed by atoms with Crippen molar-refractivity contribution < 1.29 is 4.79 Å². The SMILES string of the molecule is CC(=O)N[C@@]1(C)CCC(C)C1(C)C. The van der Waals surface area contributed by atoms with Gasteiger partial charge in [-0.15, -0.1) is 0 Å². The lowest BCUT2D eigenvalue weighted by Crippen LogP contribution is -2.53. The Labute approximate surface area is 81.1 Å². The van der Waals surface area contributed by atoms with E-state index in [1.54, 1.807) is 6.92 Å². The Bertz CT molecular complexity index is 222. The molecule has 0 radical (unpaired) electrons. The molecule has 1 rings (SSSR count). The Balaban J connectivity index is 2.85. The topological polar surface area (TPSA) is 29.1 Å². The van der Waals surface area contributed by atoms with Crippen molar-refractivity contribution in [2.24, 2.45) is 11.3 Å². The molecule has 0 heterocycles. The van der Waals surface area contributed by atoms with Crippen LogP contribution in [0.4, 0.5) is 0 Å². The van der Waals surface area contributed by atoms with E-state index >= 15 is 0 Å². The minimum atomic E-state index is -0.0156. The molecule has 0 aromatic carbocycles. The highest BCUT2D eigenvalue weighted by atomic mass is 16.1. The molecular formula is C11H21NO. The van der Waals surface area contributed by atoms with Crippen LogP contribution in [0.25, 0.3) is 0 Å². The van der Waals surface area contributed by atoms with Crippen molar-refractivity contribution in [3.8, 4) is 0 Å². The molecule has 0 aromatic rings. The average Bonchev–Trinajstić information content (AvgIpc) is 2.13. The van der Waals surface area contributed by atoms with Gasteiger partial charge in [0.05, 0.1) is 0 Å². The molecule has 0 saturated heterocycles. The Morgan fingerprint density at radius 2 is 1.92 bits per heavy atom. The van der Waals surface area contributed by atoms with Crippen LogP contribution in [-0.4, -0.2) is 11.4 Å². The van der Waals surface area contributed by atoms with Crippen molar-refractivity contribution in [1.82, 2.24) is 5.32 Å². The molecule has 76 valence electrons. The van der Waals surface area contributed by atoms with Gasteiger partial charge in [0, 0.05) is 12.5 Å². The van der Waals surface area contributed by atoms with Gasteiger partial charge >= 0.3 is 0 Å². The third-order valence-electron chi connectivity index (χ3n) is 4.18. The maximum atomic E-state index is 11.1. The Hall–Kier alpha value is -0.530. The zero-order chi connectivity index (χ0) is 10.3. The summed E-state index contributed by atoms with van der Waals surface area (Å²) in [6, 6.07) is 0. The van der Waals surface area contributed by atoms with Crippen LogP contribution in [0.2, 0.25) is 0 Å². The van der Waals surface area contributed by atoms with Crippen LogP contribution < -0.4 is 5.32 Å². The van der Waals surface area contributed by atoms with Gasteiger partial charge in [0.1, 0.15) is 0 Å². The molecule has 2 heteroatoms. The molecule has 1 N–H and O–H groups in total. The predicted octanol–water partition coefficient (Wildman–Crippen LogP) is 2.34. The van der Waals surface area contributed by atoms with Crippen molar-refractivity contribution in [3.05, 3.63) is 0 Å². The van der Waals surface area contributed by atoms with Crippen molar-refractivity contribution in [2.45, 2.75) is 53.0 Å². The summed E-state index contributed by atoms with van der Waals surface area (Å²) in [5.74, 6) is 0.772. The van der Waals surface area contributed by atoms with E-state index < -0.39 is 0 Å². The number of hydrogen-bond donors (Lipinski definition) is 1. The molecule has 1 saturated carbocycles. The molecule has 1 unspecified atom stereocenters. The maximum Gasteiger partial charge on any atom is 0.217 e. The van der Waals surface area contributed by atoms with E-state index in [4.69, 9.17) is 0 Å². The van der Waals surface area contributed by atoms with E-state index in [9.17, 15) is 4.79 Å². The summed E-state index contributed by atoms with van der Waals surface area (Å²) in [7, 11) is 0. The molecule has 1 amide bonds. The summed E-state index contributed by atoms with van der Waals surface area (Å²) < 4.78 is 0. The average molecular weight is 183 g/mol. The van der Waals surface area contributed by atoms with Crippen LogP contribution in [0, 0.1) is 11.3 Å². The monoisotopic (exact) mass is 183 g/mol. The normalized spacial score (nSPS) is 37.5. The first-order chi connectivity index (χ1) is 5.79. The lowest BCUT2D eigenvalue weighted by molar-refractivity contribution is -0.122. The Morgan fingerprint density at radius 3 is 2.23 bits per heavy atom. The van der Waals surface area contributed by atoms with Crippen LogP contribution in [0.15, 0.2) is 0 Å². The molecule has 2 atom stereocenters. The lowest BCUT2D eigenvalue weighted by Gasteiger charge is -2.41. The summed E-state index contributed by atoms with van der Waals surface area (Å²) in [6.07, 6.45) is 2.31. The summed E-state index contributed by atoms with van der Waals surface area (Å²) in [5.41, 5.74) is 0.191. The molecule has 1 aliphatic rings. The molecule has 0 aliphatic heterocycles. The van der Waals surface area contributed by atoms with Gasteiger partial charge in [-0.05, 0) is 31.1 Å². The largest absolute Gasteiger partial charge is 0.351 e. The highest BCUT2D eigenvalue weighted by Crippen LogP contribution is 2.49. The Kier molecular flexibility index (Phi) is 2.44. The summed E-state index contributed by atoms with van der Waals surface area (Å²) >= 11 is 0. The van der Waals surface area contributed by atoms with E-state index in [-0.39, 0.29) is 16.9 Å². The van der Waals surface area contributed by atoms with Gasteiger partial charge < -0.3 is 5.32 Å². The maximum absolute atomic E-state index is 11.1. The molecule has 13 heavy (non-hydrogen) atoms. The fraction of sp³-hybridized carbons (Fsp3) is 0.909. The van der Waals surface area contributed by atoms with E-state index in [1.165, 1.54) is 6.42 Å². The fourth-order valence-electron chi connectivity index (χ4n) is 2.34. The zero-order valence-electron chi connectivity index (χ0n) is 9.40. The molecule has 0 bridgehead atoms. The third-order valence-corrected chi connectivity index (χ3v) is 4.18. The second-order valence-corrected chi connectivity index (χ2v) is 5.17. The smallest absolute Gasteiger partial charge is 0.217 e. The lowest BCUT2D eigenvalue weighted by atomic mass is 9.72. The van der Waals surface area contributed by atoms with Gasteiger partial charge in [-0.2, -0.15) is 0 Å². The number of carbonyl (C=O) groups is 1. The first-order valence-electron chi connectivity index (χ1n) is 5.08. The highest BCUT2D eigenvalue weighted by molar-refractivity contribution is 5.74. The van der Waals surface area contributed by atoms with E-state index in [2.05, 4.69) is 33.0 Å². The zero-order valence-corrected chi connectivity index (χ0v) is 9.40. The standard InChI is InChI=1S/C11H21NO/c1-8-6-7-11(5,10(8,3)4)12-9(2)13/h8H,6-7H2,1-5H3,(H,12,13)/t8?,11-/m0/s1. The quantitative estimate of drug-likeness (QED) is 0.664. The first-order valence-corrected chi connectivity index (χ1v) is 5.08. The van der Waals surface area contributed by atoms with Crippen LogP contribution >= 0.6 is 0 Å². The minimum Gasteiger partial charge on any atom is -0.351 e. The molecular weight excluding hydrogens is 162 g/mol. The van der Waals surface area contributed by atoms with Crippen molar-refractivity contribution >= 4 is 5.91 Å². The van der Waals surface area contributed by atoms with Gasteiger partial charge in [0.25, 0.3) is 0 Å². The number of carbonyl (C=O) groups excluding carboxylic acids is 1. The molecule has 1 aliphatic carbocycles. The third kappa shape index (κ3) is 1.59. The summed E-state index contributed by atoms with van der Waals surface area (Å²) in [4.78, 5) is 11.1. The van der Waals surface area contributed by atoms with E-state index in [0.717, 1.165) is 6.42 Å². The van der Waals surface area contributed by atoms with Gasteiger partial charge in [-0.25, -0.2) is 0 Å². The number of nitrogens with one attached hydrogen (secondary N) is 1. The van der Waals surface area contributed by atoms with Crippen molar-refractivity contribution in [1.29, 1.82) is 0 Å². The Morgan fingerprint density at radius 1 is 1.38 bits per heavy atom. The molecule has 1 fully saturated rings. The summed E-state index contributed by atoms with van der Waals surface area (Å²) in [6.45, 7) is 10.5. The van der Waals surface area contributed by atoms with Gasteiger partial charge in [0.2, 0.25) is 5.91 Å². The van der Waals surface area contributed by atoms with Gasteiger partial charge in [-0.1, -0.05) is 20.8 Å². The second-order valence-electron chi connectivity index (χ2n) is 5.17. The number of rotatable bonds is 1. The second kappa shape index (κ2) is 3.00. The van der Waals surface area contributed by atoms with Crippen molar-refractivity contribution in [3.63, 3.8) is 0 Å².